The molecule has 0 spiro atoms. The van der Waals surface area contributed by atoms with Crippen molar-refractivity contribution in [3.05, 3.63) is 69.5 Å². The number of amides is 1. The lowest BCUT2D eigenvalue weighted by Gasteiger charge is -2.15. The number of hydrogen-bond acceptors (Lipinski definition) is 6. The number of carbonyl (C=O) groups is 1. The smallest absolute Gasteiger partial charge is 0.272 e. The van der Waals surface area contributed by atoms with Gasteiger partial charge in [0.25, 0.3) is 5.56 Å². The number of fused-ring (bicyclic) bond motifs is 1. The van der Waals surface area contributed by atoms with E-state index in [1.54, 1.807) is 28.7 Å². The Balaban J connectivity index is 1.63. The average molecular weight is 442 g/mol. The van der Waals surface area contributed by atoms with Crippen molar-refractivity contribution >= 4 is 29.4 Å². The summed E-state index contributed by atoms with van der Waals surface area (Å²) in [6.07, 6.45) is 2.34. The molecule has 2 aromatic heterocycles. The van der Waals surface area contributed by atoms with Crippen LogP contribution in [-0.4, -0.2) is 26.5 Å². The first kappa shape index (κ1) is 20.8. The number of carbonyl (C=O) groups excluding carboxylic acids is 1. The van der Waals surface area contributed by atoms with Crippen LogP contribution < -0.4 is 10.9 Å². The van der Waals surface area contributed by atoms with E-state index in [1.807, 2.05) is 32.0 Å². The highest BCUT2D eigenvalue weighted by molar-refractivity contribution is 8.00. The highest BCUT2D eigenvalue weighted by Gasteiger charge is 2.27. The van der Waals surface area contributed by atoms with Crippen molar-refractivity contribution in [3.63, 3.8) is 0 Å². The molecule has 3 aromatic rings. The number of aryl methyl sites for hydroxylation is 2. The summed E-state index contributed by atoms with van der Waals surface area (Å²) in [4.78, 5) is 31.2. The van der Waals surface area contributed by atoms with Crippen LogP contribution in [0.1, 0.15) is 29.5 Å². The Morgan fingerprint density at radius 1 is 1.33 bits per heavy atom. The van der Waals surface area contributed by atoms with Crippen LogP contribution in [0.5, 0.6) is 0 Å². The van der Waals surface area contributed by atoms with Crippen molar-refractivity contribution in [2.24, 2.45) is 0 Å². The second-order valence-electron chi connectivity index (χ2n) is 7.43. The molecule has 1 atom stereocenters. The number of aromatic nitrogens is 2. The van der Waals surface area contributed by atoms with Crippen LogP contribution in [0.25, 0.3) is 5.69 Å². The van der Waals surface area contributed by atoms with Gasteiger partial charge in [-0.3, -0.25) is 14.2 Å². The molecule has 1 aliphatic rings. The van der Waals surface area contributed by atoms with E-state index in [4.69, 9.17) is 9.40 Å². The number of thioether (sulfide) groups is 2. The van der Waals surface area contributed by atoms with Gasteiger partial charge in [-0.25, -0.2) is 4.98 Å². The molecule has 0 radical (unpaired) electrons. The third kappa shape index (κ3) is 4.49. The number of benzene rings is 1. The normalized spacial score (nSPS) is 15.2. The summed E-state index contributed by atoms with van der Waals surface area (Å²) >= 11 is 2.86. The summed E-state index contributed by atoms with van der Waals surface area (Å²) in [5.41, 5.74) is 3.71. The Bertz CT molecular complexity index is 1120. The quantitative estimate of drug-likeness (QED) is 0.462. The third-order valence-electron chi connectivity index (χ3n) is 4.72. The van der Waals surface area contributed by atoms with E-state index >= 15 is 0 Å². The van der Waals surface area contributed by atoms with Crippen LogP contribution >= 0.6 is 23.5 Å². The molecule has 0 fully saturated rings. The van der Waals surface area contributed by atoms with Crippen molar-refractivity contribution in [3.8, 4) is 5.69 Å². The Morgan fingerprint density at radius 2 is 2.10 bits per heavy atom. The zero-order chi connectivity index (χ0) is 21.3. The van der Waals surface area contributed by atoms with Crippen LogP contribution in [0.4, 0.5) is 0 Å². The zero-order valence-corrected chi connectivity index (χ0v) is 18.7. The van der Waals surface area contributed by atoms with Crippen molar-refractivity contribution < 1.29 is 9.21 Å². The lowest BCUT2D eigenvalue weighted by atomic mass is 10.1. The molecule has 8 heteroatoms. The van der Waals surface area contributed by atoms with Crippen LogP contribution in [0.3, 0.4) is 0 Å². The molecular formula is C22H23N3O3S2. The van der Waals surface area contributed by atoms with Crippen molar-refractivity contribution in [1.82, 2.24) is 14.9 Å². The summed E-state index contributed by atoms with van der Waals surface area (Å²) in [6, 6.07) is 9.62. The maximum atomic E-state index is 13.4. The molecule has 0 aliphatic carbocycles. The second kappa shape index (κ2) is 8.73. The molecule has 0 saturated heterocycles. The van der Waals surface area contributed by atoms with Gasteiger partial charge in [0, 0.05) is 11.7 Å². The predicted octanol–water partition coefficient (Wildman–Crippen LogP) is 3.89. The van der Waals surface area contributed by atoms with Crippen LogP contribution in [0.2, 0.25) is 0 Å². The molecule has 0 unspecified atom stereocenters. The maximum Gasteiger partial charge on any atom is 0.272 e. The molecule has 0 bridgehead atoms. The molecule has 1 N–H and O–H groups in total. The monoisotopic (exact) mass is 441 g/mol. The maximum absolute atomic E-state index is 13.4. The average Bonchev–Trinajstić information content (AvgIpc) is 3.33. The first-order valence-electron chi connectivity index (χ1n) is 9.74. The topological polar surface area (TPSA) is 77.1 Å². The summed E-state index contributed by atoms with van der Waals surface area (Å²) < 4.78 is 6.89. The molecule has 0 saturated carbocycles. The van der Waals surface area contributed by atoms with E-state index in [9.17, 15) is 9.59 Å². The van der Waals surface area contributed by atoms with Gasteiger partial charge in [0.1, 0.15) is 5.76 Å². The fourth-order valence-corrected chi connectivity index (χ4v) is 5.44. The molecule has 30 heavy (non-hydrogen) atoms. The Kier molecular flexibility index (Phi) is 6.06. The minimum Gasteiger partial charge on any atom is -0.467 e. The highest BCUT2D eigenvalue weighted by Crippen LogP contribution is 2.35. The molecule has 1 amide bonds. The van der Waals surface area contributed by atoms with E-state index in [2.05, 4.69) is 18.3 Å². The molecule has 1 aliphatic heterocycles. The molecule has 4 rings (SSSR count). The fraction of sp³-hybridized carbons (Fsp3) is 0.318. The minimum atomic E-state index is -0.138. The Hall–Kier alpha value is -2.45. The molecule has 3 heterocycles. The van der Waals surface area contributed by atoms with Crippen LogP contribution in [0.15, 0.2) is 55.9 Å². The highest BCUT2D eigenvalue weighted by atomic mass is 32.2. The Morgan fingerprint density at radius 3 is 2.80 bits per heavy atom. The lowest BCUT2D eigenvalue weighted by molar-refractivity contribution is -0.118. The van der Waals surface area contributed by atoms with E-state index in [-0.39, 0.29) is 17.2 Å². The van der Waals surface area contributed by atoms with Crippen molar-refractivity contribution in [2.45, 2.75) is 49.0 Å². The van der Waals surface area contributed by atoms with Gasteiger partial charge in [-0.05, 0) is 49.2 Å². The van der Waals surface area contributed by atoms with E-state index in [0.29, 0.717) is 27.6 Å². The fourth-order valence-electron chi connectivity index (χ4n) is 3.48. The van der Waals surface area contributed by atoms with Crippen LogP contribution in [0, 0.1) is 13.8 Å². The van der Waals surface area contributed by atoms with Gasteiger partial charge in [-0.15, -0.1) is 11.8 Å². The summed E-state index contributed by atoms with van der Waals surface area (Å²) in [5, 5.41) is 3.71. The summed E-state index contributed by atoms with van der Waals surface area (Å²) in [5.74, 6) is 0.724. The largest absolute Gasteiger partial charge is 0.467 e. The number of furan rings is 1. The second-order valence-corrected chi connectivity index (χ2v) is 9.83. The van der Waals surface area contributed by atoms with Gasteiger partial charge in [0.15, 0.2) is 5.16 Å². The minimum absolute atomic E-state index is 0.0576. The van der Waals surface area contributed by atoms with Gasteiger partial charge in [0.2, 0.25) is 5.91 Å². The third-order valence-corrected chi connectivity index (χ3v) is 6.87. The van der Waals surface area contributed by atoms with Gasteiger partial charge < -0.3 is 9.73 Å². The van der Waals surface area contributed by atoms with Gasteiger partial charge in [-0.2, -0.15) is 0 Å². The zero-order valence-electron chi connectivity index (χ0n) is 17.1. The van der Waals surface area contributed by atoms with Gasteiger partial charge in [-0.1, -0.05) is 24.8 Å². The van der Waals surface area contributed by atoms with E-state index in [0.717, 1.165) is 28.9 Å². The van der Waals surface area contributed by atoms with E-state index in [1.165, 1.54) is 11.8 Å². The molecule has 156 valence electrons. The predicted molar refractivity (Wildman–Crippen MR) is 120 cm³/mol. The number of nitrogens with one attached hydrogen (secondary N) is 1. The lowest BCUT2D eigenvalue weighted by Crippen LogP contribution is -2.27. The SMILES string of the molecule is Cc1cc(C)cc(-n2c(SCC(=O)NCc3ccco3)nc3c(c2=O)S[C@H](C)C3)c1. The number of nitrogens with zero attached hydrogens (tertiary/aromatic N) is 2. The molecular weight excluding hydrogens is 418 g/mol. The van der Waals surface area contributed by atoms with Crippen LogP contribution in [-0.2, 0) is 17.8 Å². The van der Waals surface area contributed by atoms with Gasteiger partial charge >= 0.3 is 0 Å². The van der Waals surface area contributed by atoms with Crippen molar-refractivity contribution in [2.75, 3.05) is 5.75 Å². The first-order chi connectivity index (χ1) is 14.4. The Labute approximate surface area is 183 Å². The number of rotatable bonds is 6. The number of hydrogen-bond donors (Lipinski definition) is 1. The standard InChI is InChI=1S/C22H23N3O3S2/c1-13-7-14(2)9-16(8-13)25-21(27)20-18(10-15(3)30-20)24-22(25)29-12-19(26)23-11-17-5-4-6-28-17/h4-9,15H,10-12H2,1-3H3,(H,23,26)/t15-/m1/s1. The summed E-state index contributed by atoms with van der Waals surface area (Å²) in [7, 11) is 0. The van der Waals surface area contributed by atoms with E-state index < -0.39 is 0 Å². The van der Waals surface area contributed by atoms with Gasteiger partial charge in [0.05, 0.1) is 34.8 Å². The summed E-state index contributed by atoms with van der Waals surface area (Å²) in [6.45, 7) is 6.45. The molecule has 6 nitrogen and oxygen atoms in total. The van der Waals surface area contributed by atoms with Crippen molar-refractivity contribution in [1.29, 1.82) is 0 Å². The molecule has 1 aromatic carbocycles. The first-order valence-corrected chi connectivity index (χ1v) is 11.6.